The first-order valence-electron chi connectivity index (χ1n) is 13.0. The molecule has 0 atom stereocenters. The van der Waals surface area contributed by atoms with E-state index < -0.39 is 35.3 Å². The van der Waals surface area contributed by atoms with Crippen molar-refractivity contribution in [3.63, 3.8) is 0 Å². The van der Waals surface area contributed by atoms with E-state index in [-0.39, 0.29) is 11.4 Å². The first kappa shape index (κ1) is 30.3. The zero-order valence-electron chi connectivity index (χ0n) is 23.4. The molecule has 0 aliphatic rings. The molecule has 44 heavy (non-hydrogen) atoms. The number of halogens is 6. The van der Waals surface area contributed by atoms with E-state index in [1.165, 1.54) is 34.5 Å². The van der Waals surface area contributed by atoms with Crippen molar-refractivity contribution in [1.82, 2.24) is 24.5 Å². The number of nitrogens with zero attached hydrogens (tertiary/aromatic N) is 5. The zero-order chi connectivity index (χ0) is 32.0. The predicted molar refractivity (Wildman–Crippen MR) is 148 cm³/mol. The van der Waals surface area contributed by atoms with E-state index in [1.54, 1.807) is 56.3 Å². The standard InChI is InChI=1S/C30H24F6N6O2/c1-17-26(29(31,32)33)38-16-41(17)23-12-9-20(19-5-4-6-21(13-19)28(2,3)27(37)43)14-24(23)42-25(15-39-40-42)18-7-10-22(11-8-18)44-30(34,35)36/h4-16H,1-3H3,(H2,37,43). The Labute approximate surface area is 246 Å². The molecule has 0 spiro atoms. The lowest BCUT2D eigenvalue weighted by Gasteiger charge is -2.22. The molecular formula is C30H24F6N6O2. The topological polar surface area (TPSA) is 101 Å². The number of nitrogens with two attached hydrogens (primary N) is 1. The summed E-state index contributed by atoms with van der Waals surface area (Å²) >= 11 is 0. The molecule has 0 radical (unpaired) electrons. The van der Waals surface area contributed by atoms with Crippen LogP contribution in [-0.2, 0) is 16.4 Å². The first-order valence-corrected chi connectivity index (χ1v) is 13.0. The highest BCUT2D eigenvalue weighted by atomic mass is 19.4. The molecule has 3 aromatic carbocycles. The van der Waals surface area contributed by atoms with E-state index in [2.05, 4.69) is 20.0 Å². The number of hydrogen-bond acceptors (Lipinski definition) is 5. The second-order valence-corrected chi connectivity index (χ2v) is 10.4. The van der Waals surface area contributed by atoms with Crippen LogP contribution in [0.3, 0.4) is 0 Å². The second kappa shape index (κ2) is 10.8. The van der Waals surface area contributed by atoms with Crippen LogP contribution in [0.25, 0.3) is 33.8 Å². The normalized spacial score (nSPS) is 12.4. The molecule has 0 aliphatic carbocycles. The Kier molecular flexibility index (Phi) is 7.48. The molecule has 0 unspecified atom stereocenters. The van der Waals surface area contributed by atoms with Crippen molar-refractivity contribution in [1.29, 1.82) is 0 Å². The number of carbonyl (C=O) groups excluding carboxylic acids is 1. The van der Waals surface area contributed by atoms with Crippen LogP contribution in [0.4, 0.5) is 26.3 Å². The van der Waals surface area contributed by atoms with Gasteiger partial charge in [-0.2, -0.15) is 13.2 Å². The monoisotopic (exact) mass is 614 g/mol. The zero-order valence-corrected chi connectivity index (χ0v) is 23.4. The van der Waals surface area contributed by atoms with Gasteiger partial charge < -0.3 is 15.0 Å². The van der Waals surface area contributed by atoms with Crippen LogP contribution < -0.4 is 10.5 Å². The second-order valence-electron chi connectivity index (χ2n) is 10.4. The van der Waals surface area contributed by atoms with Crippen LogP contribution >= 0.6 is 0 Å². The molecule has 5 aromatic rings. The van der Waals surface area contributed by atoms with Crippen LogP contribution in [0.2, 0.25) is 0 Å². The summed E-state index contributed by atoms with van der Waals surface area (Å²) in [5.41, 5.74) is 6.64. The Morgan fingerprint density at radius 3 is 2.14 bits per heavy atom. The van der Waals surface area contributed by atoms with E-state index in [0.29, 0.717) is 33.6 Å². The summed E-state index contributed by atoms with van der Waals surface area (Å²) in [6, 6.07) is 17.1. The third kappa shape index (κ3) is 5.87. The maximum Gasteiger partial charge on any atom is 0.573 e. The molecule has 2 N–H and O–H groups in total. The van der Waals surface area contributed by atoms with Gasteiger partial charge >= 0.3 is 12.5 Å². The Hall–Kier alpha value is -5.14. The molecule has 1 amide bonds. The lowest BCUT2D eigenvalue weighted by Crippen LogP contribution is -2.35. The SMILES string of the molecule is Cc1c(C(F)(F)F)ncn1-c1ccc(-c2cccc(C(C)(C)C(N)=O)c2)cc1-n1nncc1-c1ccc(OC(F)(F)F)cc1. The molecule has 5 rings (SSSR count). The lowest BCUT2D eigenvalue weighted by atomic mass is 9.82. The molecule has 14 heteroatoms. The molecule has 0 bridgehead atoms. The first-order chi connectivity index (χ1) is 20.6. The highest BCUT2D eigenvalue weighted by molar-refractivity contribution is 5.86. The van der Waals surface area contributed by atoms with Gasteiger partial charge in [0.2, 0.25) is 5.91 Å². The summed E-state index contributed by atoms with van der Waals surface area (Å²) in [5, 5.41) is 8.14. The van der Waals surface area contributed by atoms with Crippen LogP contribution in [0, 0.1) is 6.92 Å². The smallest absolute Gasteiger partial charge is 0.406 e. The van der Waals surface area contributed by atoms with Crippen molar-refractivity contribution < 1.29 is 35.9 Å². The molecular weight excluding hydrogens is 590 g/mol. The average Bonchev–Trinajstić information content (AvgIpc) is 3.59. The van der Waals surface area contributed by atoms with Gasteiger partial charge in [0.1, 0.15) is 12.1 Å². The number of primary amides is 1. The van der Waals surface area contributed by atoms with Crippen LogP contribution in [-0.4, -0.2) is 36.8 Å². The maximum absolute atomic E-state index is 13.6. The Bertz CT molecular complexity index is 1840. The van der Waals surface area contributed by atoms with Gasteiger partial charge in [-0.1, -0.05) is 35.5 Å². The van der Waals surface area contributed by atoms with Gasteiger partial charge in [-0.05, 0) is 73.9 Å². The lowest BCUT2D eigenvalue weighted by molar-refractivity contribution is -0.274. The van der Waals surface area contributed by atoms with Crippen molar-refractivity contribution >= 4 is 5.91 Å². The minimum Gasteiger partial charge on any atom is -0.406 e. The summed E-state index contributed by atoms with van der Waals surface area (Å²) in [7, 11) is 0. The van der Waals surface area contributed by atoms with E-state index in [4.69, 9.17) is 5.73 Å². The van der Waals surface area contributed by atoms with Gasteiger partial charge in [0.25, 0.3) is 0 Å². The highest BCUT2D eigenvalue weighted by Crippen LogP contribution is 2.36. The number of imidazole rings is 1. The van der Waals surface area contributed by atoms with Gasteiger partial charge in [-0.3, -0.25) is 4.79 Å². The van der Waals surface area contributed by atoms with Crippen molar-refractivity contribution in [2.75, 3.05) is 0 Å². The number of benzene rings is 3. The van der Waals surface area contributed by atoms with Gasteiger partial charge in [0.05, 0.1) is 34.4 Å². The van der Waals surface area contributed by atoms with Crippen LogP contribution in [0.15, 0.2) is 79.3 Å². The number of aromatic nitrogens is 5. The van der Waals surface area contributed by atoms with E-state index in [1.807, 2.05) is 0 Å². The van der Waals surface area contributed by atoms with Crippen LogP contribution in [0.1, 0.15) is 30.8 Å². The van der Waals surface area contributed by atoms with Gasteiger partial charge in [0.15, 0.2) is 5.69 Å². The summed E-state index contributed by atoms with van der Waals surface area (Å²) in [6.07, 6.45) is -7.15. The molecule has 0 aliphatic heterocycles. The van der Waals surface area contributed by atoms with Gasteiger partial charge in [-0.25, -0.2) is 9.67 Å². The molecule has 0 fully saturated rings. The number of alkyl halides is 6. The number of rotatable bonds is 7. The molecule has 0 saturated carbocycles. The Morgan fingerprint density at radius 2 is 1.52 bits per heavy atom. The van der Waals surface area contributed by atoms with Crippen molar-refractivity contribution in [2.24, 2.45) is 5.73 Å². The summed E-state index contributed by atoms with van der Waals surface area (Å²) in [4.78, 5) is 15.7. The number of carbonyl (C=O) groups is 1. The third-order valence-electron chi connectivity index (χ3n) is 7.20. The molecule has 0 saturated heterocycles. The number of amides is 1. The van der Waals surface area contributed by atoms with Crippen molar-refractivity contribution in [2.45, 2.75) is 38.7 Å². The Morgan fingerprint density at radius 1 is 0.864 bits per heavy atom. The molecule has 2 heterocycles. The third-order valence-corrected chi connectivity index (χ3v) is 7.20. The Balaban J connectivity index is 1.68. The van der Waals surface area contributed by atoms with Crippen LogP contribution in [0.5, 0.6) is 5.75 Å². The summed E-state index contributed by atoms with van der Waals surface area (Å²) in [6.45, 7) is 4.66. The maximum atomic E-state index is 13.6. The van der Waals surface area contributed by atoms with E-state index in [0.717, 1.165) is 18.5 Å². The van der Waals surface area contributed by atoms with E-state index in [9.17, 15) is 31.1 Å². The van der Waals surface area contributed by atoms with Crippen molar-refractivity contribution in [3.05, 3.63) is 96.2 Å². The van der Waals surface area contributed by atoms with Gasteiger partial charge in [0, 0.05) is 5.56 Å². The fourth-order valence-electron chi connectivity index (χ4n) is 4.67. The summed E-state index contributed by atoms with van der Waals surface area (Å²) < 4.78 is 85.5. The number of hydrogen-bond donors (Lipinski definition) is 1. The van der Waals surface area contributed by atoms with Gasteiger partial charge in [-0.15, -0.1) is 18.3 Å². The van der Waals surface area contributed by atoms with E-state index >= 15 is 0 Å². The number of ether oxygens (including phenoxy) is 1. The molecule has 8 nitrogen and oxygen atoms in total. The highest BCUT2D eigenvalue weighted by Gasteiger charge is 2.36. The predicted octanol–water partition coefficient (Wildman–Crippen LogP) is 6.78. The van der Waals surface area contributed by atoms with Crippen molar-refractivity contribution in [3.8, 4) is 39.5 Å². The quantitative estimate of drug-likeness (QED) is 0.204. The average molecular weight is 615 g/mol. The summed E-state index contributed by atoms with van der Waals surface area (Å²) in [5.74, 6) is -0.962. The minimum atomic E-state index is -4.87. The fraction of sp³-hybridized carbons (Fsp3) is 0.200. The molecule has 2 aromatic heterocycles. The largest absolute Gasteiger partial charge is 0.573 e. The fourth-order valence-corrected chi connectivity index (χ4v) is 4.67. The molecule has 228 valence electrons. The minimum absolute atomic E-state index is 0.174.